The molecule has 0 unspecified atom stereocenters. The van der Waals surface area contributed by atoms with E-state index in [-0.39, 0.29) is 29.7 Å². The summed E-state index contributed by atoms with van der Waals surface area (Å²) in [5, 5.41) is 5.05. The van der Waals surface area contributed by atoms with Crippen molar-refractivity contribution in [2.24, 2.45) is 0 Å². The topological polar surface area (TPSA) is 78.3 Å². The van der Waals surface area contributed by atoms with Crippen molar-refractivity contribution >= 4 is 22.5 Å². The lowest BCUT2D eigenvalue weighted by atomic mass is 9.84. The van der Waals surface area contributed by atoms with E-state index in [4.69, 9.17) is 4.74 Å². The average molecular weight is 433 g/mol. The highest BCUT2D eigenvalue weighted by Crippen LogP contribution is 2.32. The molecule has 0 bridgehead atoms. The molecule has 0 amide bonds. The predicted octanol–water partition coefficient (Wildman–Crippen LogP) is 5.06. The number of nitrogens with zero attached hydrogens (tertiary/aromatic N) is 2. The van der Waals surface area contributed by atoms with Crippen molar-refractivity contribution in [1.82, 2.24) is 9.78 Å². The summed E-state index contributed by atoms with van der Waals surface area (Å²) in [6.45, 7) is 3.26. The summed E-state index contributed by atoms with van der Waals surface area (Å²) < 4.78 is 6.58. The molecule has 0 atom stereocenters. The number of ether oxygens (including phenoxy) is 1. The number of ketones is 1. The zero-order valence-corrected chi connectivity index (χ0v) is 18.5. The molecule has 1 aliphatic rings. The van der Waals surface area contributed by atoms with Crippen molar-refractivity contribution in [3.05, 3.63) is 75.7 Å². The third kappa shape index (κ3) is 4.49. The standard InChI is InChI=1S/C26H28N2O4/c1-17(2)28-25(30)22-11-7-6-10-21(22)24(27-28)26(31)32-16-23(29)20-14-12-19(13-15-20)18-8-4-3-5-9-18/h6-7,10-15,17-18H,3-5,8-9,16H2,1-2H3. The molecule has 2 aromatic carbocycles. The number of hydrogen-bond donors (Lipinski definition) is 0. The predicted molar refractivity (Wildman–Crippen MR) is 123 cm³/mol. The number of hydrogen-bond acceptors (Lipinski definition) is 5. The maximum Gasteiger partial charge on any atom is 0.359 e. The van der Waals surface area contributed by atoms with Gasteiger partial charge in [-0.1, -0.05) is 61.7 Å². The number of carbonyl (C=O) groups excluding carboxylic acids is 2. The summed E-state index contributed by atoms with van der Waals surface area (Å²) in [5.74, 6) is -0.417. The number of Topliss-reactive ketones (excluding diaryl/α,β-unsaturated/α-hetero) is 1. The van der Waals surface area contributed by atoms with Crippen LogP contribution in [0.2, 0.25) is 0 Å². The van der Waals surface area contributed by atoms with Crippen LogP contribution in [0.5, 0.6) is 0 Å². The zero-order valence-electron chi connectivity index (χ0n) is 18.5. The molecule has 32 heavy (non-hydrogen) atoms. The molecule has 1 fully saturated rings. The van der Waals surface area contributed by atoms with Gasteiger partial charge in [0.1, 0.15) is 0 Å². The van der Waals surface area contributed by atoms with Crippen LogP contribution in [0.15, 0.2) is 53.3 Å². The summed E-state index contributed by atoms with van der Waals surface area (Å²) in [4.78, 5) is 38.0. The largest absolute Gasteiger partial charge is 0.452 e. The molecule has 1 aliphatic carbocycles. The van der Waals surface area contributed by atoms with Gasteiger partial charge in [0.2, 0.25) is 0 Å². The molecular formula is C26H28N2O4. The Morgan fingerprint density at radius 2 is 1.66 bits per heavy atom. The number of esters is 1. The number of carbonyl (C=O) groups is 2. The van der Waals surface area contributed by atoms with Crippen LogP contribution in [0.3, 0.4) is 0 Å². The van der Waals surface area contributed by atoms with Gasteiger partial charge in [0.05, 0.1) is 11.4 Å². The smallest absolute Gasteiger partial charge is 0.359 e. The fraction of sp³-hybridized carbons (Fsp3) is 0.385. The van der Waals surface area contributed by atoms with Crippen LogP contribution in [0.4, 0.5) is 0 Å². The second-order valence-electron chi connectivity index (χ2n) is 8.69. The van der Waals surface area contributed by atoms with Gasteiger partial charge in [-0.2, -0.15) is 5.10 Å². The lowest BCUT2D eigenvalue weighted by Gasteiger charge is -2.22. The van der Waals surface area contributed by atoms with Crippen LogP contribution < -0.4 is 5.56 Å². The van der Waals surface area contributed by atoms with Crippen LogP contribution in [-0.2, 0) is 4.74 Å². The maximum atomic E-state index is 12.8. The van der Waals surface area contributed by atoms with Gasteiger partial charge in [0.15, 0.2) is 18.1 Å². The van der Waals surface area contributed by atoms with E-state index < -0.39 is 5.97 Å². The molecule has 0 radical (unpaired) electrons. The minimum atomic E-state index is -0.720. The molecule has 1 saturated carbocycles. The van der Waals surface area contributed by atoms with Crippen LogP contribution in [-0.4, -0.2) is 28.1 Å². The first-order valence-corrected chi connectivity index (χ1v) is 11.3. The number of benzene rings is 2. The van der Waals surface area contributed by atoms with Crippen molar-refractivity contribution in [2.45, 2.75) is 57.9 Å². The van der Waals surface area contributed by atoms with E-state index in [0.717, 1.165) is 0 Å². The van der Waals surface area contributed by atoms with Gasteiger partial charge in [0.25, 0.3) is 5.56 Å². The van der Waals surface area contributed by atoms with Gasteiger partial charge in [-0.3, -0.25) is 9.59 Å². The van der Waals surface area contributed by atoms with E-state index in [1.54, 1.807) is 24.3 Å². The second-order valence-corrected chi connectivity index (χ2v) is 8.69. The quantitative estimate of drug-likeness (QED) is 0.402. The van der Waals surface area contributed by atoms with Crippen molar-refractivity contribution in [3.8, 4) is 0 Å². The van der Waals surface area contributed by atoms with Gasteiger partial charge < -0.3 is 4.74 Å². The molecule has 0 saturated heterocycles. The van der Waals surface area contributed by atoms with Gasteiger partial charge in [-0.25, -0.2) is 9.48 Å². The summed E-state index contributed by atoms with van der Waals surface area (Å²) in [7, 11) is 0. The van der Waals surface area contributed by atoms with Crippen LogP contribution >= 0.6 is 0 Å². The third-order valence-electron chi connectivity index (χ3n) is 6.15. The number of rotatable bonds is 6. The first-order chi connectivity index (χ1) is 15.5. The van der Waals surface area contributed by atoms with Crippen molar-refractivity contribution in [2.75, 3.05) is 6.61 Å². The lowest BCUT2D eigenvalue weighted by molar-refractivity contribution is 0.0468. The molecule has 0 N–H and O–H groups in total. The Labute approximate surface area is 187 Å². The first kappa shape index (κ1) is 21.9. The third-order valence-corrected chi connectivity index (χ3v) is 6.15. The average Bonchev–Trinajstić information content (AvgIpc) is 2.83. The maximum absolute atomic E-state index is 12.8. The summed E-state index contributed by atoms with van der Waals surface area (Å²) in [6, 6.07) is 14.2. The highest BCUT2D eigenvalue weighted by molar-refractivity contribution is 6.04. The molecule has 3 aromatic rings. The van der Waals surface area contributed by atoms with E-state index in [1.807, 2.05) is 38.1 Å². The minimum absolute atomic E-state index is 0.0364. The molecule has 6 heteroatoms. The highest BCUT2D eigenvalue weighted by atomic mass is 16.5. The van der Waals surface area contributed by atoms with Gasteiger partial charge in [-0.05, 0) is 44.2 Å². The van der Waals surface area contributed by atoms with E-state index in [1.165, 1.54) is 42.3 Å². The number of fused-ring (bicyclic) bond motifs is 1. The van der Waals surface area contributed by atoms with Gasteiger partial charge in [0, 0.05) is 10.9 Å². The first-order valence-electron chi connectivity index (χ1n) is 11.3. The Morgan fingerprint density at radius 1 is 1.00 bits per heavy atom. The molecule has 6 nitrogen and oxygen atoms in total. The molecular weight excluding hydrogens is 404 g/mol. The Kier molecular flexibility index (Phi) is 6.49. The fourth-order valence-electron chi connectivity index (χ4n) is 4.37. The summed E-state index contributed by atoms with van der Waals surface area (Å²) in [5.41, 5.74) is 1.56. The molecule has 1 aromatic heterocycles. The Bertz CT molecular complexity index is 1190. The van der Waals surface area contributed by atoms with Crippen LogP contribution in [0.25, 0.3) is 10.8 Å². The fourth-order valence-corrected chi connectivity index (χ4v) is 4.37. The van der Waals surface area contributed by atoms with Crippen molar-refractivity contribution in [3.63, 3.8) is 0 Å². The highest BCUT2D eigenvalue weighted by Gasteiger charge is 2.21. The zero-order chi connectivity index (χ0) is 22.7. The number of aromatic nitrogens is 2. The Balaban J connectivity index is 1.49. The molecule has 4 rings (SSSR count). The van der Waals surface area contributed by atoms with Crippen molar-refractivity contribution < 1.29 is 14.3 Å². The van der Waals surface area contributed by atoms with Crippen LogP contribution in [0, 0.1) is 0 Å². The molecule has 166 valence electrons. The van der Waals surface area contributed by atoms with E-state index in [2.05, 4.69) is 5.10 Å². The minimum Gasteiger partial charge on any atom is -0.452 e. The summed E-state index contributed by atoms with van der Waals surface area (Å²) in [6.07, 6.45) is 6.22. The monoisotopic (exact) mass is 432 g/mol. The Hall–Kier alpha value is -3.28. The van der Waals surface area contributed by atoms with Crippen LogP contribution in [0.1, 0.15) is 84.3 Å². The SMILES string of the molecule is CC(C)n1nc(C(=O)OCC(=O)c2ccc(C3CCCCC3)cc2)c2ccccc2c1=O. The van der Waals surface area contributed by atoms with Gasteiger partial charge >= 0.3 is 5.97 Å². The van der Waals surface area contributed by atoms with E-state index in [0.29, 0.717) is 22.3 Å². The summed E-state index contributed by atoms with van der Waals surface area (Å²) >= 11 is 0. The normalized spacial score (nSPS) is 14.6. The Morgan fingerprint density at radius 3 is 2.31 bits per heavy atom. The van der Waals surface area contributed by atoms with Crippen molar-refractivity contribution in [1.29, 1.82) is 0 Å². The van der Waals surface area contributed by atoms with E-state index >= 15 is 0 Å². The molecule has 1 heterocycles. The molecule has 0 aliphatic heterocycles. The second kappa shape index (κ2) is 9.47. The molecule has 0 spiro atoms. The lowest BCUT2D eigenvalue weighted by Crippen LogP contribution is -2.28. The van der Waals surface area contributed by atoms with E-state index in [9.17, 15) is 14.4 Å². The van der Waals surface area contributed by atoms with Gasteiger partial charge in [-0.15, -0.1) is 0 Å².